The summed E-state index contributed by atoms with van der Waals surface area (Å²) in [5.41, 5.74) is 5.23. The molecule has 1 saturated carbocycles. The summed E-state index contributed by atoms with van der Waals surface area (Å²) in [5.74, 6) is 1.11. The molecule has 5 nitrogen and oxygen atoms in total. The Morgan fingerprint density at radius 1 is 1.57 bits per heavy atom. The third-order valence-electron chi connectivity index (χ3n) is 4.15. The first-order chi connectivity index (χ1) is 10.1. The highest BCUT2D eigenvalue weighted by Crippen LogP contribution is 2.39. The predicted octanol–water partition coefficient (Wildman–Crippen LogP) is 2.35. The van der Waals surface area contributed by atoms with E-state index in [0.717, 1.165) is 53.7 Å². The molecule has 2 rings (SSSR count). The van der Waals surface area contributed by atoms with Gasteiger partial charge in [-0.2, -0.15) is 0 Å². The fraction of sp³-hybridized carbons (Fsp3) is 0.786. The van der Waals surface area contributed by atoms with Crippen LogP contribution in [0.25, 0.3) is 0 Å². The molecule has 0 radical (unpaired) electrons. The van der Waals surface area contributed by atoms with Crippen molar-refractivity contribution in [3.63, 3.8) is 0 Å². The highest BCUT2D eigenvalue weighted by atomic mass is 32.2. The molecule has 3 N–H and O–H groups in total. The highest BCUT2D eigenvalue weighted by Gasteiger charge is 2.46. The van der Waals surface area contributed by atoms with Crippen LogP contribution < -0.4 is 11.1 Å². The molecule has 0 spiro atoms. The fourth-order valence-electron chi connectivity index (χ4n) is 3.09. The molecule has 1 aromatic rings. The molecule has 118 valence electrons. The first-order valence-corrected chi connectivity index (χ1v) is 9.36. The zero-order chi connectivity index (χ0) is 15.3. The van der Waals surface area contributed by atoms with Gasteiger partial charge in [0, 0.05) is 5.75 Å². The summed E-state index contributed by atoms with van der Waals surface area (Å²) in [6, 6.07) is 0. The number of nitrogens with one attached hydrogen (secondary N) is 1. The zero-order valence-corrected chi connectivity index (χ0v) is 14.4. The van der Waals surface area contributed by atoms with Gasteiger partial charge < -0.3 is 11.1 Å². The van der Waals surface area contributed by atoms with E-state index in [2.05, 4.69) is 22.4 Å². The van der Waals surface area contributed by atoms with E-state index in [-0.39, 0.29) is 5.91 Å². The number of carbonyl (C=O) groups is 1. The van der Waals surface area contributed by atoms with Crippen LogP contribution >= 0.6 is 23.1 Å². The van der Waals surface area contributed by atoms with E-state index in [1.54, 1.807) is 23.1 Å². The second-order valence-corrected chi connectivity index (χ2v) is 8.10. The number of hydrogen-bond donors (Lipinski definition) is 2. The van der Waals surface area contributed by atoms with Gasteiger partial charge in [-0.1, -0.05) is 36.4 Å². The smallest absolute Gasteiger partial charge is 0.238 e. The maximum atomic E-state index is 12.0. The van der Waals surface area contributed by atoms with Gasteiger partial charge in [0.2, 0.25) is 5.91 Å². The van der Waals surface area contributed by atoms with Crippen molar-refractivity contribution >= 4 is 29.0 Å². The standard InChI is InChI=1S/C14H24N4OS2/c1-3-8-16-14(12(15)19)7-4-5-11(14)6-9-20-13-18-17-10(2)21-13/h11,16H,3-9H2,1-2H3,(H2,15,19). The minimum absolute atomic E-state index is 0.185. The molecule has 1 heterocycles. The molecule has 1 aliphatic carbocycles. The van der Waals surface area contributed by atoms with E-state index in [4.69, 9.17) is 5.73 Å². The van der Waals surface area contributed by atoms with Crippen LogP contribution in [0.4, 0.5) is 0 Å². The average Bonchev–Trinajstić information content (AvgIpc) is 3.04. The van der Waals surface area contributed by atoms with Gasteiger partial charge in [-0.15, -0.1) is 10.2 Å². The Labute approximate surface area is 134 Å². The van der Waals surface area contributed by atoms with Gasteiger partial charge >= 0.3 is 0 Å². The maximum absolute atomic E-state index is 12.0. The zero-order valence-electron chi connectivity index (χ0n) is 12.7. The van der Waals surface area contributed by atoms with E-state index in [0.29, 0.717) is 5.92 Å². The number of nitrogens with two attached hydrogens (primary N) is 1. The Kier molecular flexibility index (Phi) is 6.01. The summed E-state index contributed by atoms with van der Waals surface area (Å²) in [4.78, 5) is 12.0. The lowest BCUT2D eigenvalue weighted by atomic mass is 9.84. The first kappa shape index (κ1) is 16.7. The van der Waals surface area contributed by atoms with Gasteiger partial charge in [-0.3, -0.25) is 4.79 Å². The molecule has 1 aliphatic rings. The monoisotopic (exact) mass is 328 g/mol. The molecule has 0 saturated heterocycles. The minimum Gasteiger partial charge on any atom is -0.368 e. The number of carbonyl (C=O) groups excluding carboxylic acids is 1. The number of hydrogen-bond acceptors (Lipinski definition) is 6. The van der Waals surface area contributed by atoms with Crippen molar-refractivity contribution in [1.82, 2.24) is 15.5 Å². The van der Waals surface area contributed by atoms with E-state index < -0.39 is 5.54 Å². The number of nitrogens with zero attached hydrogens (tertiary/aromatic N) is 2. The summed E-state index contributed by atoms with van der Waals surface area (Å²) in [6.45, 7) is 4.92. The topological polar surface area (TPSA) is 80.9 Å². The molecule has 1 aromatic heterocycles. The molecule has 0 bridgehead atoms. The third-order valence-corrected chi connectivity index (χ3v) is 6.16. The van der Waals surface area contributed by atoms with Crippen LogP contribution in [-0.4, -0.2) is 33.9 Å². The van der Waals surface area contributed by atoms with Crippen LogP contribution in [0, 0.1) is 12.8 Å². The van der Waals surface area contributed by atoms with Crippen molar-refractivity contribution in [2.75, 3.05) is 12.3 Å². The molecule has 2 unspecified atom stereocenters. The number of aryl methyl sites for hydroxylation is 1. The largest absolute Gasteiger partial charge is 0.368 e. The van der Waals surface area contributed by atoms with Crippen molar-refractivity contribution in [1.29, 1.82) is 0 Å². The lowest BCUT2D eigenvalue weighted by molar-refractivity contribution is -0.126. The van der Waals surface area contributed by atoms with Gasteiger partial charge in [0.05, 0.1) is 0 Å². The predicted molar refractivity (Wildman–Crippen MR) is 87.5 cm³/mol. The maximum Gasteiger partial charge on any atom is 0.238 e. The lowest BCUT2D eigenvalue weighted by Gasteiger charge is -2.33. The van der Waals surface area contributed by atoms with Crippen LogP contribution in [0.2, 0.25) is 0 Å². The molecule has 21 heavy (non-hydrogen) atoms. The molecule has 0 aromatic carbocycles. The number of rotatable bonds is 8. The lowest BCUT2D eigenvalue weighted by Crippen LogP contribution is -2.58. The fourth-order valence-corrected chi connectivity index (χ4v) is 5.03. The summed E-state index contributed by atoms with van der Waals surface area (Å²) in [7, 11) is 0. The van der Waals surface area contributed by atoms with Crippen molar-refractivity contribution < 1.29 is 4.79 Å². The van der Waals surface area contributed by atoms with Gasteiger partial charge in [0.25, 0.3) is 0 Å². The van der Waals surface area contributed by atoms with E-state index in [9.17, 15) is 4.79 Å². The quantitative estimate of drug-likeness (QED) is 0.716. The number of aromatic nitrogens is 2. The molecule has 0 aliphatic heterocycles. The summed E-state index contributed by atoms with van der Waals surface area (Å²) < 4.78 is 1.01. The molecule has 1 amide bonds. The van der Waals surface area contributed by atoms with E-state index in [1.807, 2.05) is 6.92 Å². The summed E-state index contributed by atoms with van der Waals surface area (Å²) in [5, 5.41) is 12.6. The number of thioether (sulfide) groups is 1. The second kappa shape index (κ2) is 7.56. The van der Waals surface area contributed by atoms with Crippen LogP contribution in [0.3, 0.4) is 0 Å². The average molecular weight is 329 g/mol. The van der Waals surface area contributed by atoms with Gasteiger partial charge in [-0.25, -0.2) is 0 Å². The van der Waals surface area contributed by atoms with Crippen molar-refractivity contribution in [2.45, 2.75) is 55.8 Å². The molecule has 2 atom stereocenters. The number of amides is 1. The second-order valence-electron chi connectivity index (χ2n) is 5.58. The van der Waals surface area contributed by atoms with Crippen molar-refractivity contribution in [3.05, 3.63) is 5.01 Å². The van der Waals surface area contributed by atoms with E-state index >= 15 is 0 Å². The molecule has 7 heteroatoms. The Hall–Kier alpha value is -0.660. The van der Waals surface area contributed by atoms with Crippen LogP contribution in [0.5, 0.6) is 0 Å². The Morgan fingerprint density at radius 3 is 3.00 bits per heavy atom. The first-order valence-electron chi connectivity index (χ1n) is 7.56. The minimum atomic E-state index is -0.492. The van der Waals surface area contributed by atoms with Crippen LogP contribution in [-0.2, 0) is 4.79 Å². The van der Waals surface area contributed by atoms with Crippen LogP contribution in [0.1, 0.15) is 44.0 Å². The Morgan fingerprint density at radius 2 is 2.38 bits per heavy atom. The van der Waals surface area contributed by atoms with Crippen molar-refractivity contribution in [2.24, 2.45) is 11.7 Å². The SMILES string of the molecule is CCCNC1(C(N)=O)CCCC1CCSc1nnc(C)s1. The van der Waals surface area contributed by atoms with Crippen LogP contribution in [0.15, 0.2) is 4.34 Å². The summed E-state index contributed by atoms with van der Waals surface area (Å²) >= 11 is 3.35. The van der Waals surface area contributed by atoms with E-state index in [1.165, 1.54) is 0 Å². The molecule has 1 fully saturated rings. The third kappa shape index (κ3) is 3.96. The Balaban J connectivity index is 1.91. The Bertz CT molecular complexity index is 479. The summed E-state index contributed by atoms with van der Waals surface area (Å²) in [6.07, 6.45) is 5.03. The molecular weight excluding hydrogens is 304 g/mol. The van der Waals surface area contributed by atoms with Crippen molar-refractivity contribution in [3.8, 4) is 0 Å². The highest BCUT2D eigenvalue weighted by molar-refractivity contribution is 8.01. The van der Waals surface area contributed by atoms with Gasteiger partial charge in [0.1, 0.15) is 10.5 Å². The van der Waals surface area contributed by atoms with Gasteiger partial charge in [0.15, 0.2) is 4.34 Å². The molecular formula is C14H24N4OS2. The normalized spacial score (nSPS) is 25.3. The number of primary amides is 1. The van der Waals surface area contributed by atoms with Gasteiger partial charge in [-0.05, 0) is 45.1 Å².